The number of rotatable bonds is 7. The van der Waals surface area contributed by atoms with Crippen molar-refractivity contribution in [1.29, 1.82) is 5.26 Å². The summed E-state index contributed by atoms with van der Waals surface area (Å²) >= 11 is 2.77. The minimum atomic E-state index is -0.115. The van der Waals surface area contributed by atoms with Gasteiger partial charge in [0.25, 0.3) is 0 Å². The standard InChI is InChI=1S/C16H19N5OS2/c1-10(2)8-13-5-4-12(9-17)15(18-13)23-7-6-14(22)19-16-21-20-11(3)24-16/h4-5,10H,6-8H2,1-3H3,(H,19,21,22). The summed E-state index contributed by atoms with van der Waals surface area (Å²) in [6.45, 7) is 6.10. The molecule has 0 atom stereocenters. The maximum atomic E-state index is 11.9. The summed E-state index contributed by atoms with van der Waals surface area (Å²) < 4.78 is 0. The second-order valence-corrected chi connectivity index (χ2v) is 7.90. The molecule has 2 aromatic heterocycles. The third-order valence-electron chi connectivity index (χ3n) is 3.00. The Labute approximate surface area is 149 Å². The summed E-state index contributed by atoms with van der Waals surface area (Å²) in [6, 6.07) is 5.86. The molecule has 0 saturated carbocycles. The SMILES string of the molecule is Cc1nnc(NC(=O)CCSc2nc(CC(C)C)ccc2C#N)s1. The Hall–Kier alpha value is -1.98. The number of carbonyl (C=O) groups is 1. The summed E-state index contributed by atoms with van der Waals surface area (Å²) in [5.74, 6) is 0.941. The zero-order chi connectivity index (χ0) is 17.5. The van der Waals surface area contributed by atoms with E-state index in [1.165, 1.54) is 23.1 Å². The molecule has 126 valence electrons. The molecule has 0 spiro atoms. The van der Waals surface area contributed by atoms with Crippen LogP contribution >= 0.6 is 23.1 Å². The van der Waals surface area contributed by atoms with E-state index in [9.17, 15) is 10.1 Å². The van der Waals surface area contributed by atoms with Crippen LogP contribution in [0.3, 0.4) is 0 Å². The number of aryl methyl sites for hydroxylation is 1. The third kappa shape index (κ3) is 5.58. The maximum absolute atomic E-state index is 11.9. The van der Waals surface area contributed by atoms with Crippen LogP contribution in [0.2, 0.25) is 0 Å². The van der Waals surface area contributed by atoms with Crippen molar-refractivity contribution in [1.82, 2.24) is 15.2 Å². The van der Waals surface area contributed by atoms with Gasteiger partial charge in [0, 0.05) is 17.9 Å². The highest BCUT2D eigenvalue weighted by molar-refractivity contribution is 7.99. The topological polar surface area (TPSA) is 91.6 Å². The number of carbonyl (C=O) groups excluding carboxylic acids is 1. The van der Waals surface area contributed by atoms with E-state index in [-0.39, 0.29) is 5.91 Å². The molecule has 2 aromatic rings. The molecule has 0 bridgehead atoms. The molecule has 2 heterocycles. The molecule has 6 nitrogen and oxygen atoms in total. The van der Waals surface area contributed by atoms with Gasteiger partial charge in [0.1, 0.15) is 16.1 Å². The lowest BCUT2D eigenvalue weighted by atomic mass is 10.1. The Bertz CT molecular complexity index is 751. The molecule has 0 aliphatic heterocycles. The molecule has 0 unspecified atom stereocenters. The molecule has 8 heteroatoms. The molecule has 0 aliphatic carbocycles. The predicted molar refractivity (Wildman–Crippen MR) is 96.1 cm³/mol. The first-order chi connectivity index (χ1) is 11.5. The lowest BCUT2D eigenvalue weighted by molar-refractivity contribution is -0.115. The summed E-state index contributed by atoms with van der Waals surface area (Å²) in [7, 11) is 0. The van der Waals surface area contributed by atoms with Crippen molar-refractivity contribution in [3.63, 3.8) is 0 Å². The zero-order valence-corrected chi connectivity index (χ0v) is 15.5. The van der Waals surface area contributed by atoms with Gasteiger partial charge in [-0.15, -0.1) is 22.0 Å². The van der Waals surface area contributed by atoms with Crippen molar-refractivity contribution in [2.75, 3.05) is 11.1 Å². The van der Waals surface area contributed by atoms with E-state index in [0.29, 0.717) is 33.8 Å². The number of anilines is 1. The van der Waals surface area contributed by atoms with Gasteiger partial charge in [-0.25, -0.2) is 4.98 Å². The lowest BCUT2D eigenvalue weighted by Gasteiger charge is -2.08. The second-order valence-electron chi connectivity index (χ2n) is 5.64. The van der Waals surface area contributed by atoms with Gasteiger partial charge in [-0.05, 0) is 31.4 Å². The van der Waals surface area contributed by atoms with Crippen molar-refractivity contribution in [3.8, 4) is 6.07 Å². The molecular weight excluding hydrogens is 342 g/mol. The van der Waals surface area contributed by atoms with Crippen LogP contribution in [-0.4, -0.2) is 26.8 Å². The number of nitrogens with zero attached hydrogens (tertiary/aromatic N) is 4. The minimum Gasteiger partial charge on any atom is -0.301 e. The third-order valence-corrected chi connectivity index (χ3v) is 4.74. The van der Waals surface area contributed by atoms with E-state index < -0.39 is 0 Å². The first-order valence-electron chi connectivity index (χ1n) is 7.60. The number of amides is 1. The smallest absolute Gasteiger partial charge is 0.227 e. The molecule has 1 amide bonds. The van der Waals surface area contributed by atoms with E-state index in [1.54, 1.807) is 6.07 Å². The average Bonchev–Trinajstić information content (AvgIpc) is 2.92. The number of nitriles is 1. The van der Waals surface area contributed by atoms with Crippen LogP contribution in [-0.2, 0) is 11.2 Å². The molecular formula is C16H19N5OS2. The van der Waals surface area contributed by atoms with Gasteiger partial charge in [-0.2, -0.15) is 5.26 Å². The highest BCUT2D eigenvalue weighted by Crippen LogP contribution is 2.22. The number of aromatic nitrogens is 3. The highest BCUT2D eigenvalue weighted by Gasteiger charge is 2.10. The number of nitrogens with one attached hydrogen (secondary N) is 1. The van der Waals surface area contributed by atoms with Gasteiger partial charge >= 0.3 is 0 Å². The van der Waals surface area contributed by atoms with Crippen molar-refractivity contribution >= 4 is 34.1 Å². The summed E-state index contributed by atoms with van der Waals surface area (Å²) in [5.41, 5.74) is 1.52. The monoisotopic (exact) mass is 361 g/mol. The van der Waals surface area contributed by atoms with Crippen LogP contribution in [0.15, 0.2) is 17.2 Å². The molecule has 0 saturated heterocycles. The summed E-state index contributed by atoms with van der Waals surface area (Å²) in [4.78, 5) is 16.5. The lowest BCUT2D eigenvalue weighted by Crippen LogP contribution is -2.12. The van der Waals surface area contributed by atoms with Gasteiger partial charge in [0.05, 0.1) is 5.56 Å². The number of hydrogen-bond donors (Lipinski definition) is 1. The van der Waals surface area contributed by atoms with Gasteiger partial charge in [-0.1, -0.05) is 25.2 Å². The van der Waals surface area contributed by atoms with E-state index in [0.717, 1.165) is 17.1 Å². The van der Waals surface area contributed by atoms with Crippen molar-refractivity contribution in [3.05, 3.63) is 28.4 Å². The Morgan fingerprint density at radius 2 is 2.21 bits per heavy atom. The normalized spacial score (nSPS) is 10.6. The largest absolute Gasteiger partial charge is 0.301 e. The molecule has 0 aromatic carbocycles. The predicted octanol–water partition coefficient (Wildman–Crippen LogP) is 3.43. The Morgan fingerprint density at radius 3 is 2.83 bits per heavy atom. The molecule has 0 radical (unpaired) electrons. The molecule has 2 rings (SSSR count). The minimum absolute atomic E-state index is 0.115. The molecule has 0 fully saturated rings. The van der Waals surface area contributed by atoms with Crippen LogP contribution < -0.4 is 5.32 Å². The maximum Gasteiger partial charge on any atom is 0.227 e. The fourth-order valence-corrected chi connectivity index (χ4v) is 3.51. The van der Waals surface area contributed by atoms with Crippen molar-refractivity contribution in [2.45, 2.75) is 38.6 Å². The van der Waals surface area contributed by atoms with Crippen molar-refractivity contribution in [2.24, 2.45) is 5.92 Å². The second kappa shape index (κ2) is 8.76. The molecule has 1 N–H and O–H groups in total. The average molecular weight is 361 g/mol. The fourth-order valence-electron chi connectivity index (χ4n) is 1.98. The fraction of sp³-hybridized carbons (Fsp3) is 0.438. The Kier molecular flexibility index (Phi) is 6.70. The Balaban J connectivity index is 1.90. The molecule has 0 aliphatic rings. The van der Waals surface area contributed by atoms with E-state index in [1.807, 2.05) is 13.0 Å². The van der Waals surface area contributed by atoms with Crippen molar-refractivity contribution < 1.29 is 4.79 Å². The van der Waals surface area contributed by atoms with Crippen LogP contribution in [0.1, 0.15) is 36.5 Å². The zero-order valence-electron chi connectivity index (χ0n) is 13.9. The van der Waals surface area contributed by atoms with Gasteiger partial charge in [0.2, 0.25) is 11.0 Å². The number of thioether (sulfide) groups is 1. The van der Waals surface area contributed by atoms with Gasteiger partial charge < -0.3 is 5.32 Å². The number of pyridine rings is 1. The first-order valence-corrected chi connectivity index (χ1v) is 9.41. The highest BCUT2D eigenvalue weighted by atomic mass is 32.2. The van der Waals surface area contributed by atoms with Crippen LogP contribution in [0, 0.1) is 24.2 Å². The van der Waals surface area contributed by atoms with Gasteiger partial charge in [-0.3, -0.25) is 4.79 Å². The van der Waals surface area contributed by atoms with E-state index in [4.69, 9.17) is 0 Å². The quantitative estimate of drug-likeness (QED) is 0.760. The number of hydrogen-bond acceptors (Lipinski definition) is 7. The summed E-state index contributed by atoms with van der Waals surface area (Å²) in [5, 5.41) is 21.7. The van der Waals surface area contributed by atoms with E-state index >= 15 is 0 Å². The van der Waals surface area contributed by atoms with Gasteiger partial charge in [0.15, 0.2) is 0 Å². The first kappa shape index (κ1) is 18.4. The van der Waals surface area contributed by atoms with E-state index in [2.05, 4.69) is 40.4 Å². The Morgan fingerprint density at radius 1 is 1.42 bits per heavy atom. The molecule has 24 heavy (non-hydrogen) atoms. The summed E-state index contributed by atoms with van der Waals surface area (Å²) in [6.07, 6.45) is 1.19. The van der Waals surface area contributed by atoms with Crippen LogP contribution in [0.4, 0.5) is 5.13 Å². The van der Waals surface area contributed by atoms with Crippen LogP contribution in [0.25, 0.3) is 0 Å². The van der Waals surface area contributed by atoms with Crippen LogP contribution in [0.5, 0.6) is 0 Å².